The van der Waals surface area contributed by atoms with Crippen LogP contribution in [0.5, 0.6) is 0 Å². The van der Waals surface area contributed by atoms with Crippen molar-refractivity contribution in [2.24, 2.45) is 18.9 Å². The van der Waals surface area contributed by atoms with E-state index in [-0.39, 0.29) is 82.1 Å². The third kappa shape index (κ3) is 27.6. The highest BCUT2D eigenvalue weighted by Crippen LogP contribution is 2.46. The number of alkyl carbamates (subject to hydrolysis) is 2. The second kappa shape index (κ2) is 50.2. The van der Waals surface area contributed by atoms with Gasteiger partial charge in [-0.15, -0.1) is 0 Å². The average molecular weight is 1950 g/mol. The normalized spacial score (nSPS) is 13.6. The summed E-state index contributed by atoms with van der Waals surface area (Å²) in [5.41, 5.74) is 7.21. The van der Waals surface area contributed by atoms with Crippen molar-refractivity contribution in [3.63, 3.8) is 0 Å². The first-order valence-electron chi connectivity index (χ1n) is 48.2. The largest absolute Gasteiger partial charge is 0.449 e. The van der Waals surface area contributed by atoms with Crippen molar-refractivity contribution >= 4 is 99.7 Å². The van der Waals surface area contributed by atoms with Crippen LogP contribution in [-0.2, 0) is 93.2 Å². The Bertz CT molecular complexity index is 5940. The summed E-state index contributed by atoms with van der Waals surface area (Å²) in [6.07, 6.45) is 4.70. The number of Topliss-reactive ketones (excluding diaryl/α,β-unsaturated/α-hetero) is 1. The van der Waals surface area contributed by atoms with E-state index in [1.54, 1.807) is 53.3 Å². The lowest BCUT2D eigenvalue weighted by atomic mass is 9.76. The van der Waals surface area contributed by atoms with Gasteiger partial charge in [0.05, 0.1) is 25.5 Å². The summed E-state index contributed by atoms with van der Waals surface area (Å²) >= 11 is 1.51. The number of ketones is 1. The molecule has 12 N–H and O–H groups in total. The number of rotatable bonds is 48. The monoisotopic (exact) mass is 1940 g/mol. The lowest BCUT2D eigenvalue weighted by Gasteiger charge is -2.39. The molecule has 8 atom stereocenters. The van der Waals surface area contributed by atoms with Crippen LogP contribution >= 0.6 is 11.8 Å². The molecule has 0 saturated carbocycles. The molecule has 0 spiro atoms. The second-order valence-electron chi connectivity index (χ2n) is 37.5. The number of benzene rings is 9. The number of unbranched alkanes of at least 4 members (excludes halogenated alkanes) is 1. The summed E-state index contributed by atoms with van der Waals surface area (Å²) in [4.78, 5) is 193. The molecule has 0 saturated heterocycles. The minimum atomic E-state index is -1.52. The molecule has 142 heavy (non-hydrogen) atoms. The van der Waals surface area contributed by atoms with Gasteiger partial charge in [0.2, 0.25) is 59.1 Å². The molecule has 0 fully saturated rings. The Labute approximate surface area is 833 Å². The van der Waals surface area contributed by atoms with Gasteiger partial charge in [0, 0.05) is 74.2 Å². The van der Waals surface area contributed by atoms with Gasteiger partial charge < -0.3 is 82.4 Å². The van der Waals surface area contributed by atoms with Gasteiger partial charge in [-0.1, -0.05) is 276 Å². The van der Waals surface area contributed by atoms with Gasteiger partial charge in [-0.3, -0.25) is 52.7 Å². The summed E-state index contributed by atoms with van der Waals surface area (Å²) in [5.74, 6) is -8.23. The van der Waals surface area contributed by atoms with E-state index < -0.39 is 155 Å². The number of nitrogens with zero attached hydrogens (tertiary/aromatic N) is 3. The first-order valence-corrected chi connectivity index (χ1v) is 49.6. The molecule has 744 valence electrons. The lowest BCUT2D eigenvalue weighted by Crippen LogP contribution is -2.59. The first-order chi connectivity index (χ1) is 68.3. The van der Waals surface area contributed by atoms with Gasteiger partial charge in [-0.25, -0.2) is 14.6 Å². The Morgan fingerprint density at radius 1 is 0.451 bits per heavy atom. The van der Waals surface area contributed by atoms with Crippen molar-refractivity contribution in [2.45, 2.75) is 191 Å². The summed E-state index contributed by atoms with van der Waals surface area (Å²) in [6.45, 7) is 13.7. The number of fused-ring (bicyclic) bond motifs is 4. The van der Waals surface area contributed by atoms with E-state index in [0.717, 1.165) is 49.8 Å². The molecular formula is C111H129N15O15S. The molecule has 0 aliphatic heterocycles. The summed E-state index contributed by atoms with van der Waals surface area (Å²) < 4.78 is 15.0. The molecule has 9 aromatic carbocycles. The Balaban J connectivity index is 0.762. The third-order valence-corrected chi connectivity index (χ3v) is 25.8. The highest BCUT2D eigenvalue weighted by molar-refractivity contribution is 7.98. The predicted octanol–water partition coefficient (Wildman–Crippen LogP) is 12.2. The quantitative estimate of drug-likeness (QED) is 0.0124. The Hall–Kier alpha value is -15.0. The van der Waals surface area contributed by atoms with Gasteiger partial charge in [0.1, 0.15) is 65.6 Å². The minimum Gasteiger partial charge on any atom is -0.449 e. The van der Waals surface area contributed by atoms with Crippen LogP contribution in [0, 0.1) is 11.8 Å². The van der Waals surface area contributed by atoms with Crippen LogP contribution in [0.25, 0.3) is 22.0 Å². The molecule has 1 aliphatic rings. The van der Waals surface area contributed by atoms with E-state index in [0.29, 0.717) is 40.1 Å². The Morgan fingerprint density at radius 2 is 0.944 bits per heavy atom. The number of ether oxygens (including phenoxy) is 2. The van der Waals surface area contributed by atoms with Gasteiger partial charge in [0.25, 0.3) is 0 Å². The molecule has 1 aliphatic carbocycles. The maximum Gasteiger partial charge on any atom is 0.407 e. The number of thioether (sulfide) groups is 1. The first kappa shape index (κ1) is 106. The highest BCUT2D eigenvalue weighted by Gasteiger charge is 2.44. The molecule has 2 aromatic heterocycles. The maximum absolute atomic E-state index is 15.6. The van der Waals surface area contributed by atoms with E-state index in [1.807, 2.05) is 291 Å². The molecule has 31 heteroatoms. The summed E-state index contributed by atoms with van der Waals surface area (Å²) in [5, 5.41) is 34.6. The van der Waals surface area contributed by atoms with Crippen LogP contribution < -0.4 is 63.8 Å². The van der Waals surface area contributed by atoms with Crippen molar-refractivity contribution in [1.29, 1.82) is 0 Å². The van der Waals surface area contributed by atoms with Crippen molar-refractivity contribution in [1.82, 2.24) is 77.9 Å². The molecule has 1 unspecified atom stereocenters. The van der Waals surface area contributed by atoms with Crippen LogP contribution in [0.1, 0.15) is 169 Å². The molecule has 11 aromatic rings. The fraction of sp³-hybridized carbons (Fsp3) is 0.351. The lowest BCUT2D eigenvalue weighted by molar-refractivity contribution is -0.135. The molecule has 2 heterocycles. The maximum atomic E-state index is 15.6. The van der Waals surface area contributed by atoms with Crippen molar-refractivity contribution in [3.05, 3.63) is 329 Å². The van der Waals surface area contributed by atoms with Gasteiger partial charge in [-0.2, -0.15) is 11.8 Å². The third-order valence-electron chi connectivity index (χ3n) is 25.1. The van der Waals surface area contributed by atoms with Gasteiger partial charge in [-0.05, 0) is 158 Å². The van der Waals surface area contributed by atoms with Crippen molar-refractivity contribution in [3.8, 4) is 11.1 Å². The molecule has 0 radical (unpaired) electrons. The van der Waals surface area contributed by atoms with E-state index in [9.17, 15) is 43.2 Å². The van der Waals surface area contributed by atoms with Crippen LogP contribution in [0.4, 0.5) is 9.59 Å². The number of aryl methyl sites for hydroxylation is 1. The molecule has 0 bridgehead atoms. The average Bonchev–Trinajstić information content (AvgIpc) is 1.36. The zero-order valence-corrected chi connectivity index (χ0v) is 82.9. The molecule has 30 nitrogen and oxygen atoms in total. The number of imidazole rings is 1. The minimum absolute atomic E-state index is 0.0261. The van der Waals surface area contributed by atoms with Gasteiger partial charge in [0.15, 0.2) is 5.78 Å². The predicted molar refractivity (Wildman–Crippen MR) is 547 cm³/mol. The topological polar surface area (TPSA) is 407 Å². The number of amides is 12. The fourth-order valence-corrected chi connectivity index (χ4v) is 18.6. The molecule has 12 rings (SSSR count). The number of nitrogens with one attached hydrogen (secondary N) is 12. The van der Waals surface area contributed by atoms with E-state index in [2.05, 4.69) is 63.8 Å². The van der Waals surface area contributed by atoms with Crippen molar-refractivity contribution in [2.75, 3.05) is 38.2 Å². The number of carbonyl (C=O) groups excluding carboxylic acids is 13. The van der Waals surface area contributed by atoms with Crippen LogP contribution in [-0.4, -0.2) is 183 Å². The fourth-order valence-electron chi connectivity index (χ4n) is 18.1. The van der Waals surface area contributed by atoms with Crippen LogP contribution in [0.2, 0.25) is 0 Å². The van der Waals surface area contributed by atoms with Gasteiger partial charge >= 0.3 is 12.2 Å². The zero-order chi connectivity index (χ0) is 102. The van der Waals surface area contributed by atoms with Crippen LogP contribution in [0.3, 0.4) is 0 Å². The summed E-state index contributed by atoms with van der Waals surface area (Å²) in [6, 6.07) is 69.9. The SMILES string of the molecule is CSCC[C@H](NC(=O)[C@H](CC(C)C)NC(=O)[C@H](Cc1cncn1C(c1ccccc1)(c1ccccc1)c1ccccc1)NC(=O)CNC(=O)[C@@H](NC(=O)[C@H](C)NC(=O)[C@H](Cc1cn(C)c2ccccc12)NC(=O)[C@H](CCC(=O)NC(c1ccccc1)(c1ccccc1)c1ccccc1)NC(=O)CCCCNC(=O)C(CNC(=O)OC(C)(C)C)NC(=O)OCC1c2ccccc2-c2ccccc21)C(C)C)C(C)=O. The molecule has 12 amide bonds. The van der Waals surface area contributed by atoms with E-state index >= 15 is 19.2 Å². The number of para-hydroxylation sites is 1. The number of carbonyl (C=O) groups is 13. The van der Waals surface area contributed by atoms with Crippen LogP contribution in [0.15, 0.2) is 274 Å². The smallest absolute Gasteiger partial charge is 0.407 e. The Kier molecular flexibility index (Phi) is 37.4. The Morgan fingerprint density at radius 3 is 1.49 bits per heavy atom. The number of hydrogen-bond acceptors (Lipinski definition) is 17. The highest BCUT2D eigenvalue weighted by atomic mass is 32.2. The van der Waals surface area contributed by atoms with Crippen molar-refractivity contribution < 1.29 is 71.8 Å². The summed E-state index contributed by atoms with van der Waals surface area (Å²) in [7, 11) is 1.82. The molecular weight excluding hydrogens is 1820 g/mol. The number of hydrogen-bond donors (Lipinski definition) is 12. The van der Waals surface area contributed by atoms with E-state index in [1.165, 1.54) is 25.6 Å². The standard InChI is InChI=1S/C111H129N15O15S/c1-71(2)62-91(104(135)119-89(74(6)127)59-61-142-11)120-105(136)93(64-82-65-112-70-126(82)111(79-44-24-15-25-45-79,80-46-26-16-27-47-80)81-48-28-17-29-49-81)118-98(130)67-114-106(137)99(72(3)4)123-100(131)73(5)116-103(134)92(63-75-68-125(10)95-55-35-34-50-83(75)95)121-102(133)90(57-58-97(129)124-110(76-38-18-12-19-39-76,77-40-20-13-21-41-77)78-42-22-14-23-43-78)117-96(128)56-36-37-60-113-101(132)94(66-115-107(138)141-109(7,8)9)122-108(139)140-69-88-86-53-32-30-51-84(86)85-52-31-33-54-87(85)88/h12-35,38-55,65,68,70-73,88-94,99H,36-37,56-64,66-67,69H2,1-11H3,(H,113,132)(H,114,137)(H,115,138)(H,116,134)(H,117,128)(H,118,130)(H,119,135)(H,120,136)(H,121,133)(H,122,139)(H,123,131)(H,124,129)/t73-,89-,90-,91-,92-,93-,94?,99-/m0/s1. The number of aromatic nitrogens is 3. The second-order valence-corrected chi connectivity index (χ2v) is 38.5. The zero-order valence-electron chi connectivity index (χ0n) is 82.1. The van der Waals surface area contributed by atoms with E-state index in [4.69, 9.17) is 14.5 Å².